The van der Waals surface area contributed by atoms with Gasteiger partial charge in [0, 0.05) is 58.7 Å². The highest BCUT2D eigenvalue weighted by Crippen LogP contribution is 2.44. The Balaban J connectivity index is 0.996. The smallest absolute Gasteiger partial charge is 0.213 e. The molecule has 252 valence electrons. The van der Waals surface area contributed by atoms with E-state index in [1.54, 1.807) is 0 Å². The molecule has 0 radical (unpaired) electrons. The van der Waals surface area contributed by atoms with Gasteiger partial charge in [0.15, 0.2) is 0 Å². The summed E-state index contributed by atoms with van der Waals surface area (Å²) in [4.78, 5) is 0. The third kappa shape index (κ3) is 4.17. The second-order valence-corrected chi connectivity index (χ2v) is 15.1. The zero-order valence-corrected chi connectivity index (χ0v) is 29.8. The van der Waals surface area contributed by atoms with Crippen molar-refractivity contribution >= 4 is 86.3 Å². The molecule has 0 atom stereocenters. The highest BCUT2D eigenvalue weighted by Gasteiger charge is 2.21. The fourth-order valence-electron chi connectivity index (χ4n) is 8.76. The predicted molar refractivity (Wildman–Crippen MR) is 229 cm³/mol. The van der Waals surface area contributed by atoms with E-state index < -0.39 is 0 Å². The molecule has 0 aliphatic carbocycles. The molecule has 3 nitrogen and oxygen atoms in total. The van der Waals surface area contributed by atoms with E-state index in [1.807, 2.05) is 11.3 Å². The molecule has 12 rings (SSSR count). The minimum absolute atomic E-state index is 0.870. The number of nitrogens with zero attached hydrogens (tertiary/aromatic N) is 2. The van der Waals surface area contributed by atoms with Crippen LogP contribution in [0.5, 0.6) is 0 Å². The van der Waals surface area contributed by atoms with Crippen LogP contribution in [-0.2, 0) is 0 Å². The molecular formula is C50H30N2OS. The van der Waals surface area contributed by atoms with Crippen LogP contribution >= 0.6 is 11.3 Å². The number of hydrogen-bond acceptors (Lipinski definition) is 2. The molecule has 0 fully saturated rings. The maximum Gasteiger partial charge on any atom is 0.213 e. The van der Waals surface area contributed by atoms with Gasteiger partial charge in [-0.2, -0.15) is 0 Å². The Labute approximate surface area is 314 Å². The van der Waals surface area contributed by atoms with E-state index >= 15 is 0 Å². The molecule has 4 heterocycles. The average molecular weight is 707 g/mol. The molecule has 0 aliphatic heterocycles. The van der Waals surface area contributed by atoms with E-state index in [9.17, 15) is 0 Å². The summed E-state index contributed by atoms with van der Waals surface area (Å²) in [5, 5.41) is 8.62. The number of hydrogen-bond donors (Lipinski definition) is 0. The maximum atomic E-state index is 6.88. The van der Waals surface area contributed by atoms with Crippen molar-refractivity contribution in [3.05, 3.63) is 182 Å². The molecular weight excluding hydrogens is 677 g/mol. The minimum Gasteiger partial charge on any atom is -0.438 e. The Morgan fingerprint density at radius 1 is 0.389 bits per heavy atom. The first-order chi connectivity index (χ1) is 26.8. The van der Waals surface area contributed by atoms with Crippen LogP contribution < -0.4 is 0 Å². The lowest BCUT2D eigenvalue weighted by atomic mass is 10.0. The first kappa shape index (κ1) is 29.7. The topological polar surface area (TPSA) is 23.0 Å². The molecule has 0 spiro atoms. The number of furan rings is 1. The molecule has 0 saturated carbocycles. The van der Waals surface area contributed by atoms with Gasteiger partial charge in [-0.15, -0.1) is 11.3 Å². The lowest BCUT2D eigenvalue weighted by Gasteiger charge is -2.10. The number of para-hydroxylation sites is 4. The number of rotatable bonds is 4. The van der Waals surface area contributed by atoms with Crippen LogP contribution in [0.3, 0.4) is 0 Å². The van der Waals surface area contributed by atoms with Crippen molar-refractivity contribution in [1.82, 2.24) is 9.13 Å². The summed E-state index contributed by atoms with van der Waals surface area (Å²) in [6.07, 6.45) is 0. The fourth-order valence-corrected chi connectivity index (χ4v) is 10.00. The summed E-state index contributed by atoms with van der Waals surface area (Å²) in [6.45, 7) is 0. The van der Waals surface area contributed by atoms with Gasteiger partial charge in [0.25, 0.3) is 0 Å². The second kappa shape index (κ2) is 11.3. The van der Waals surface area contributed by atoms with Crippen molar-refractivity contribution in [2.75, 3.05) is 0 Å². The van der Waals surface area contributed by atoms with Crippen LogP contribution in [0.15, 0.2) is 186 Å². The van der Waals surface area contributed by atoms with Gasteiger partial charge in [0.05, 0.1) is 21.9 Å². The number of fused-ring (bicyclic) bond motifs is 11. The maximum absolute atomic E-state index is 6.88. The number of thiophene rings is 1. The highest BCUT2D eigenvalue weighted by atomic mass is 32.1. The molecule has 0 amide bonds. The van der Waals surface area contributed by atoms with E-state index in [-0.39, 0.29) is 0 Å². The SMILES string of the molecule is c1ccc(-n2c3ccccc3c3c4cccc(-c5ccc(-n6c7ccccc7c7cc(-c8cccc9c8sc8ccccc89)ccc76)cc5)c4oc32)cc1. The first-order valence-corrected chi connectivity index (χ1v) is 19.2. The monoisotopic (exact) mass is 706 g/mol. The van der Waals surface area contributed by atoms with Crippen LogP contribution in [0.25, 0.3) is 109 Å². The Bertz CT molecular complexity index is 3430. The van der Waals surface area contributed by atoms with Crippen LogP contribution in [0.1, 0.15) is 0 Å². The summed E-state index contributed by atoms with van der Waals surface area (Å²) in [6, 6.07) is 65.7. The Kier molecular flexibility index (Phi) is 6.21. The molecule has 12 aromatic rings. The van der Waals surface area contributed by atoms with Crippen LogP contribution in [0.2, 0.25) is 0 Å². The van der Waals surface area contributed by atoms with Gasteiger partial charge < -0.3 is 8.98 Å². The Hall–Kier alpha value is -6.88. The van der Waals surface area contributed by atoms with E-state index in [2.05, 4.69) is 191 Å². The van der Waals surface area contributed by atoms with E-state index in [4.69, 9.17) is 4.42 Å². The molecule has 54 heavy (non-hydrogen) atoms. The standard InChI is InChI=1S/C50H30N2OS/c1-2-12-33(13-3-1)52-44-22-8-5-16-40(44)47-41-20-10-17-35(48(41)53-50(47)52)31-24-27-34(28-25-31)51-43-21-7-4-14-37(43)42-30-32(26-29-45(42)51)36-18-11-19-39-38-15-6-9-23-46(38)54-49(36)39/h1-30H. The summed E-state index contributed by atoms with van der Waals surface area (Å²) in [7, 11) is 0. The van der Waals surface area contributed by atoms with Crippen molar-refractivity contribution in [2.24, 2.45) is 0 Å². The number of benzene rings is 8. The van der Waals surface area contributed by atoms with Gasteiger partial charge in [-0.3, -0.25) is 4.57 Å². The minimum atomic E-state index is 0.870. The molecule has 4 heteroatoms. The normalized spacial score (nSPS) is 12.1. The highest BCUT2D eigenvalue weighted by molar-refractivity contribution is 7.26. The molecule has 0 unspecified atom stereocenters. The molecule has 0 saturated heterocycles. The van der Waals surface area contributed by atoms with Gasteiger partial charge in [-0.1, -0.05) is 127 Å². The van der Waals surface area contributed by atoms with E-state index in [0.717, 1.165) is 50.1 Å². The van der Waals surface area contributed by atoms with Crippen molar-refractivity contribution in [3.63, 3.8) is 0 Å². The lowest BCUT2D eigenvalue weighted by Crippen LogP contribution is -1.94. The van der Waals surface area contributed by atoms with Gasteiger partial charge in [-0.05, 0) is 71.3 Å². The average Bonchev–Trinajstić information content (AvgIpc) is 3.98. The van der Waals surface area contributed by atoms with Crippen LogP contribution in [0, 0.1) is 0 Å². The van der Waals surface area contributed by atoms with Gasteiger partial charge in [0.1, 0.15) is 5.58 Å². The predicted octanol–water partition coefficient (Wildman–Crippen LogP) is 14.3. The third-order valence-electron chi connectivity index (χ3n) is 11.2. The molecule has 0 bridgehead atoms. The summed E-state index contributed by atoms with van der Waals surface area (Å²) in [5.41, 5.74) is 12.3. The fraction of sp³-hybridized carbons (Fsp3) is 0. The molecule has 0 aliphatic rings. The third-order valence-corrected chi connectivity index (χ3v) is 12.4. The summed E-state index contributed by atoms with van der Waals surface area (Å²) >= 11 is 1.88. The molecule has 0 N–H and O–H groups in total. The summed E-state index contributed by atoms with van der Waals surface area (Å²) in [5.74, 6) is 0. The second-order valence-electron chi connectivity index (χ2n) is 14.1. The van der Waals surface area contributed by atoms with Crippen molar-refractivity contribution < 1.29 is 4.42 Å². The van der Waals surface area contributed by atoms with Gasteiger partial charge in [-0.25, -0.2) is 0 Å². The lowest BCUT2D eigenvalue weighted by molar-refractivity contribution is 0.646. The van der Waals surface area contributed by atoms with Gasteiger partial charge in [0.2, 0.25) is 5.71 Å². The largest absolute Gasteiger partial charge is 0.438 e. The van der Waals surface area contributed by atoms with Gasteiger partial charge >= 0.3 is 0 Å². The van der Waals surface area contributed by atoms with Crippen molar-refractivity contribution in [3.8, 4) is 33.6 Å². The van der Waals surface area contributed by atoms with E-state index in [1.165, 1.54) is 58.5 Å². The number of aromatic nitrogens is 2. The quantitative estimate of drug-likeness (QED) is 0.179. The summed E-state index contributed by atoms with van der Waals surface area (Å²) < 4.78 is 14.2. The molecule has 8 aromatic carbocycles. The Morgan fingerprint density at radius 3 is 1.83 bits per heavy atom. The van der Waals surface area contributed by atoms with E-state index in [0.29, 0.717) is 0 Å². The zero-order valence-electron chi connectivity index (χ0n) is 29.0. The Morgan fingerprint density at radius 2 is 1.00 bits per heavy atom. The molecule has 4 aromatic heterocycles. The zero-order chi connectivity index (χ0) is 35.3. The van der Waals surface area contributed by atoms with Crippen LogP contribution in [-0.4, -0.2) is 9.13 Å². The van der Waals surface area contributed by atoms with Crippen LogP contribution in [0.4, 0.5) is 0 Å². The first-order valence-electron chi connectivity index (χ1n) is 18.3. The van der Waals surface area contributed by atoms with Crippen molar-refractivity contribution in [2.45, 2.75) is 0 Å². The van der Waals surface area contributed by atoms with Crippen molar-refractivity contribution in [1.29, 1.82) is 0 Å².